The van der Waals surface area contributed by atoms with Crippen LogP contribution in [0.4, 0.5) is 21.5 Å². The van der Waals surface area contributed by atoms with E-state index in [1.807, 2.05) is 0 Å². The van der Waals surface area contributed by atoms with Crippen molar-refractivity contribution in [3.63, 3.8) is 0 Å². The Bertz CT molecular complexity index is 1770. The number of amides is 2. The predicted molar refractivity (Wildman–Crippen MR) is 171 cm³/mol. The molecule has 0 aliphatic heterocycles. The summed E-state index contributed by atoms with van der Waals surface area (Å²) >= 11 is 1.09. The topological polar surface area (TPSA) is 131 Å². The highest BCUT2D eigenvalue weighted by atomic mass is 32.2. The van der Waals surface area contributed by atoms with Gasteiger partial charge in [-0.1, -0.05) is 30.3 Å². The van der Waals surface area contributed by atoms with Crippen LogP contribution in [-0.2, 0) is 24.3 Å². The van der Waals surface area contributed by atoms with E-state index in [0.717, 1.165) is 11.8 Å². The lowest BCUT2D eigenvalue weighted by Crippen LogP contribution is -2.30. The molecule has 0 radical (unpaired) electrons. The van der Waals surface area contributed by atoms with E-state index in [2.05, 4.69) is 10.6 Å². The largest absolute Gasteiger partial charge is 0.495 e. The molecule has 4 aromatic carbocycles. The van der Waals surface area contributed by atoms with Crippen molar-refractivity contribution < 1.29 is 36.7 Å². The van der Waals surface area contributed by atoms with E-state index >= 15 is 0 Å². The van der Waals surface area contributed by atoms with Crippen molar-refractivity contribution in [1.82, 2.24) is 0 Å². The maximum Gasteiger partial charge on any atom is 0.339 e. The van der Waals surface area contributed by atoms with E-state index in [9.17, 15) is 27.2 Å². The minimum Gasteiger partial charge on any atom is -0.495 e. The van der Waals surface area contributed by atoms with Crippen LogP contribution in [0.2, 0.25) is 0 Å². The van der Waals surface area contributed by atoms with E-state index in [1.165, 1.54) is 59.9 Å². The molecule has 2 N–H and O–H groups in total. The zero-order valence-corrected chi connectivity index (χ0v) is 26.0. The normalized spacial score (nSPS) is 10.9. The third kappa shape index (κ3) is 8.61. The van der Waals surface area contributed by atoms with Gasteiger partial charge in [-0.2, -0.15) is 0 Å². The standard InChI is InChI=1S/C32H30FN3O7S2/c1-3-36(24-9-5-4-6-10-24)45(40,41)25-17-18-28(42-2)27(19-25)35-30(37)20-43-32(39)26-11-7-8-12-29(26)44-21-31(38)34-23-15-13-22(33)14-16-23/h4-19H,3,20-21H2,1-2H3,(H,34,38)(H,35,37). The zero-order chi connectivity index (χ0) is 32.4. The second-order valence-electron chi connectivity index (χ2n) is 9.33. The minimum absolute atomic E-state index is 0.0407. The predicted octanol–water partition coefficient (Wildman–Crippen LogP) is 5.58. The Morgan fingerprint density at radius 2 is 1.56 bits per heavy atom. The number of rotatable bonds is 13. The van der Waals surface area contributed by atoms with Crippen molar-refractivity contribution in [3.05, 3.63) is 108 Å². The van der Waals surface area contributed by atoms with Gasteiger partial charge in [-0.05, 0) is 73.7 Å². The monoisotopic (exact) mass is 651 g/mol. The fraction of sp³-hybridized carbons (Fsp3) is 0.156. The molecule has 4 aromatic rings. The number of hydrogen-bond acceptors (Lipinski definition) is 8. The molecule has 0 spiro atoms. The van der Waals surface area contributed by atoms with Crippen LogP contribution in [0.15, 0.2) is 107 Å². The maximum absolute atomic E-state index is 13.5. The smallest absolute Gasteiger partial charge is 0.339 e. The molecule has 0 saturated heterocycles. The number of thioether (sulfide) groups is 1. The van der Waals surface area contributed by atoms with E-state index in [0.29, 0.717) is 16.3 Å². The quantitative estimate of drug-likeness (QED) is 0.142. The highest BCUT2D eigenvalue weighted by molar-refractivity contribution is 8.00. The first-order valence-corrected chi connectivity index (χ1v) is 16.0. The molecule has 0 aliphatic carbocycles. The molecular weight excluding hydrogens is 621 g/mol. The van der Waals surface area contributed by atoms with Crippen molar-refractivity contribution in [3.8, 4) is 5.75 Å². The summed E-state index contributed by atoms with van der Waals surface area (Å²) in [5.41, 5.74) is 1.14. The first-order chi connectivity index (χ1) is 21.6. The molecular formula is C32H30FN3O7S2. The maximum atomic E-state index is 13.5. The van der Waals surface area contributed by atoms with Crippen LogP contribution in [0.5, 0.6) is 5.75 Å². The highest BCUT2D eigenvalue weighted by Gasteiger charge is 2.25. The summed E-state index contributed by atoms with van der Waals surface area (Å²) in [5, 5.41) is 5.20. The van der Waals surface area contributed by atoms with Gasteiger partial charge in [0.1, 0.15) is 11.6 Å². The summed E-state index contributed by atoms with van der Waals surface area (Å²) in [6.07, 6.45) is 0. The van der Waals surface area contributed by atoms with Gasteiger partial charge in [0.2, 0.25) is 5.91 Å². The first kappa shape index (κ1) is 33.0. The van der Waals surface area contributed by atoms with Gasteiger partial charge in [0.05, 0.1) is 34.7 Å². The number of hydrogen-bond donors (Lipinski definition) is 2. The average Bonchev–Trinajstić information content (AvgIpc) is 3.04. The molecule has 45 heavy (non-hydrogen) atoms. The Morgan fingerprint density at radius 1 is 0.867 bits per heavy atom. The van der Waals surface area contributed by atoms with E-state index in [4.69, 9.17) is 9.47 Å². The summed E-state index contributed by atoms with van der Waals surface area (Å²) in [7, 11) is -2.62. The number of para-hydroxylation sites is 1. The molecule has 0 aromatic heterocycles. The van der Waals surface area contributed by atoms with Crippen LogP contribution in [-0.4, -0.2) is 52.2 Å². The van der Waals surface area contributed by atoms with Crippen LogP contribution in [0.25, 0.3) is 0 Å². The molecule has 0 saturated carbocycles. The zero-order valence-electron chi connectivity index (χ0n) is 24.4. The number of esters is 1. The fourth-order valence-corrected chi connectivity index (χ4v) is 6.53. The second-order valence-corrected chi connectivity index (χ2v) is 12.2. The van der Waals surface area contributed by atoms with Gasteiger partial charge in [0, 0.05) is 17.1 Å². The molecule has 0 unspecified atom stereocenters. The van der Waals surface area contributed by atoms with Crippen molar-refractivity contribution >= 4 is 56.6 Å². The van der Waals surface area contributed by atoms with Gasteiger partial charge in [-0.25, -0.2) is 17.6 Å². The number of halogens is 1. The van der Waals surface area contributed by atoms with Gasteiger partial charge in [-0.3, -0.25) is 13.9 Å². The Morgan fingerprint density at radius 3 is 2.24 bits per heavy atom. The number of nitrogens with zero attached hydrogens (tertiary/aromatic N) is 1. The number of sulfonamides is 1. The molecule has 13 heteroatoms. The van der Waals surface area contributed by atoms with Crippen LogP contribution in [0.1, 0.15) is 17.3 Å². The molecule has 4 rings (SSSR count). The summed E-state index contributed by atoms with van der Waals surface area (Å²) in [4.78, 5) is 38.4. The van der Waals surface area contributed by atoms with Crippen LogP contribution >= 0.6 is 11.8 Å². The SMILES string of the molecule is CCN(c1ccccc1)S(=O)(=O)c1ccc(OC)c(NC(=O)COC(=O)c2ccccc2SCC(=O)Nc2ccc(F)cc2)c1. The lowest BCUT2D eigenvalue weighted by atomic mass is 10.2. The fourth-order valence-electron chi connectivity index (χ4n) is 4.19. The van der Waals surface area contributed by atoms with E-state index in [-0.39, 0.29) is 40.1 Å². The van der Waals surface area contributed by atoms with Crippen molar-refractivity contribution in [2.45, 2.75) is 16.7 Å². The minimum atomic E-state index is -3.99. The van der Waals surface area contributed by atoms with Crippen molar-refractivity contribution in [2.24, 2.45) is 0 Å². The lowest BCUT2D eigenvalue weighted by molar-refractivity contribution is -0.119. The highest BCUT2D eigenvalue weighted by Crippen LogP contribution is 2.31. The van der Waals surface area contributed by atoms with Gasteiger partial charge >= 0.3 is 5.97 Å². The summed E-state index contributed by atoms with van der Waals surface area (Å²) < 4.78 is 51.8. The van der Waals surface area contributed by atoms with Gasteiger partial charge in [0.25, 0.3) is 15.9 Å². The van der Waals surface area contributed by atoms with Gasteiger partial charge < -0.3 is 20.1 Å². The number of methoxy groups -OCH3 is 1. The molecule has 234 valence electrons. The van der Waals surface area contributed by atoms with Crippen molar-refractivity contribution in [2.75, 3.05) is 41.0 Å². The van der Waals surface area contributed by atoms with E-state index in [1.54, 1.807) is 55.5 Å². The summed E-state index contributed by atoms with van der Waals surface area (Å²) in [6.45, 7) is 1.22. The molecule has 10 nitrogen and oxygen atoms in total. The Balaban J connectivity index is 1.40. The van der Waals surface area contributed by atoms with Crippen LogP contribution in [0, 0.1) is 5.82 Å². The third-order valence-electron chi connectivity index (χ3n) is 6.29. The number of benzene rings is 4. The number of ether oxygens (including phenoxy) is 2. The number of anilines is 3. The Hall–Kier alpha value is -4.88. The average molecular weight is 652 g/mol. The Kier molecular flexibility index (Phi) is 11.2. The van der Waals surface area contributed by atoms with Gasteiger partial charge in [0.15, 0.2) is 6.61 Å². The molecule has 0 aliphatic rings. The summed E-state index contributed by atoms with van der Waals surface area (Å²) in [5.74, 6) is -2.14. The van der Waals surface area contributed by atoms with Crippen LogP contribution in [0.3, 0.4) is 0 Å². The number of carbonyl (C=O) groups is 3. The summed E-state index contributed by atoms with van der Waals surface area (Å²) in [6, 6.07) is 24.5. The molecule has 0 bridgehead atoms. The second kappa shape index (κ2) is 15.2. The van der Waals surface area contributed by atoms with E-state index < -0.39 is 34.3 Å². The molecule has 2 amide bonds. The van der Waals surface area contributed by atoms with Crippen molar-refractivity contribution in [1.29, 1.82) is 0 Å². The first-order valence-electron chi connectivity index (χ1n) is 13.6. The van der Waals surface area contributed by atoms with Crippen LogP contribution < -0.4 is 19.7 Å². The number of nitrogens with one attached hydrogen (secondary N) is 2. The Labute approximate surface area is 264 Å². The number of carbonyl (C=O) groups excluding carboxylic acids is 3. The third-order valence-corrected chi connectivity index (χ3v) is 9.26. The molecule has 0 fully saturated rings. The molecule has 0 atom stereocenters. The van der Waals surface area contributed by atoms with Gasteiger partial charge in [-0.15, -0.1) is 11.8 Å². The molecule has 0 heterocycles. The lowest BCUT2D eigenvalue weighted by Gasteiger charge is -2.23.